The van der Waals surface area contributed by atoms with Gasteiger partial charge in [-0.2, -0.15) is 0 Å². The highest BCUT2D eigenvalue weighted by Gasteiger charge is 2.33. The number of nitrogens with zero attached hydrogens (tertiary/aromatic N) is 1. The zero-order chi connectivity index (χ0) is 14.2. The van der Waals surface area contributed by atoms with Crippen molar-refractivity contribution in [3.63, 3.8) is 0 Å². The topological polar surface area (TPSA) is 42.0 Å². The van der Waals surface area contributed by atoms with Crippen molar-refractivity contribution in [2.24, 2.45) is 0 Å². The zero-order valence-electron chi connectivity index (χ0n) is 11.1. The predicted octanol–water partition coefficient (Wildman–Crippen LogP) is 3.16. The minimum atomic E-state index is -0.244. The Morgan fingerprint density at radius 3 is 2.80 bits per heavy atom. The van der Waals surface area contributed by atoms with Crippen LogP contribution in [0.5, 0.6) is 0 Å². The summed E-state index contributed by atoms with van der Waals surface area (Å²) >= 11 is 1.55. The maximum absolute atomic E-state index is 12.9. The van der Waals surface area contributed by atoms with Gasteiger partial charge in [0.25, 0.3) is 0 Å². The number of halogens is 1. The standard InChI is InChI=1S/C15H15FN2OS/c1-15(7-6-13(19)18-15)8-12-9-20-14(17-12)10-2-4-11(16)5-3-10/h2-5,9H,6-8H2,1H3,(H,18,19). The van der Waals surface area contributed by atoms with Crippen LogP contribution in [0.4, 0.5) is 4.39 Å². The van der Waals surface area contributed by atoms with E-state index in [1.807, 2.05) is 5.38 Å². The Hall–Kier alpha value is -1.75. The van der Waals surface area contributed by atoms with Crippen molar-refractivity contribution in [1.82, 2.24) is 10.3 Å². The summed E-state index contributed by atoms with van der Waals surface area (Å²) in [5.41, 5.74) is 1.70. The van der Waals surface area contributed by atoms with Crippen molar-refractivity contribution in [3.8, 4) is 10.6 Å². The maximum Gasteiger partial charge on any atom is 0.220 e. The van der Waals surface area contributed by atoms with Gasteiger partial charge in [-0.25, -0.2) is 9.37 Å². The molecule has 0 aliphatic carbocycles. The molecule has 1 aromatic carbocycles. The lowest BCUT2D eigenvalue weighted by Gasteiger charge is -2.22. The first-order valence-corrected chi connectivity index (χ1v) is 7.43. The van der Waals surface area contributed by atoms with E-state index >= 15 is 0 Å². The summed E-state index contributed by atoms with van der Waals surface area (Å²) in [6, 6.07) is 6.35. The first kappa shape index (κ1) is 13.2. The highest BCUT2D eigenvalue weighted by molar-refractivity contribution is 7.13. The first-order valence-electron chi connectivity index (χ1n) is 6.55. The molecule has 1 aromatic heterocycles. The van der Waals surface area contributed by atoms with Crippen LogP contribution in [0, 0.1) is 5.82 Å². The molecule has 0 saturated carbocycles. The van der Waals surface area contributed by atoms with Gasteiger partial charge in [0, 0.05) is 29.3 Å². The second-order valence-corrected chi connectivity index (χ2v) is 6.29. The average molecular weight is 290 g/mol. The lowest BCUT2D eigenvalue weighted by molar-refractivity contribution is -0.119. The van der Waals surface area contributed by atoms with Gasteiger partial charge >= 0.3 is 0 Å². The molecule has 1 saturated heterocycles. The quantitative estimate of drug-likeness (QED) is 0.943. The van der Waals surface area contributed by atoms with Gasteiger partial charge in [-0.15, -0.1) is 11.3 Å². The first-order chi connectivity index (χ1) is 9.54. The maximum atomic E-state index is 12.9. The average Bonchev–Trinajstić information content (AvgIpc) is 2.98. The summed E-state index contributed by atoms with van der Waals surface area (Å²) in [5, 5.41) is 5.90. The van der Waals surface area contributed by atoms with Crippen LogP contribution < -0.4 is 5.32 Å². The van der Waals surface area contributed by atoms with E-state index in [2.05, 4.69) is 17.2 Å². The van der Waals surface area contributed by atoms with E-state index in [9.17, 15) is 9.18 Å². The van der Waals surface area contributed by atoms with Crippen LogP contribution in [-0.2, 0) is 11.2 Å². The molecule has 104 valence electrons. The molecule has 5 heteroatoms. The van der Waals surface area contributed by atoms with Gasteiger partial charge in [-0.3, -0.25) is 4.79 Å². The van der Waals surface area contributed by atoms with Crippen LogP contribution in [0.3, 0.4) is 0 Å². The largest absolute Gasteiger partial charge is 0.351 e. The van der Waals surface area contributed by atoms with Crippen LogP contribution in [0.2, 0.25) is 0 Å². The van der Waals surface area contributed by atoms with E-state index in [0.717, 1.165) is 29.1 Å². The van der Waals surface area contributed by atoms with Gasteiger partial charge in [-0.1, -0.05) is 0 Å². The van der Waals surface area contributed by atoms with E-state index in [1.54, 1.807) is 23.5 Å². The molecule has 1 amide bonds. The second kappa shape index (κ2) is 4.98. The van der Waals surface area contributed by atoms with Gasteiger partial charge < -0.3 is 5.32 Å². The summed E-state index contributed by atoms with van der Waals surface area (Å²) in [6.45, 7) is 2.05. The molecule has 1 aliphatic rings. The SMILES string of the molecule is CC1(Cc2csc(-c3ccc(F)cc3)n2)CCC(=O)N1. The Bertz CT molecular complexity index is 638. The molecule has 20 heavy (non-hydrogen) atoms. The van der Waals surface area contributed by atoms with Crippen molar-refractivity contribution < 1.29 is 9.18 Å². The molecule has 1 atom stereocenters. The van der Waals surface area contributed by atoms with E-state index in [-0.39, 0.29) is 17.3 Å². The number of amides is 1. The molecule has 1 N–H and O–H groups in total. The third-order valence-electron chi connectivity index (χ3n) is 3.56. The highest BCUT2D eigenvalue weighted by atomic mass is 32.1. The number of benzene rings is 1. The molecule has 0 bridgehead atoms. The van der Waals surface area contributed by atoms with E-state index < -0.39 is 0 Å². The van der Waals surface area contributed by atoms with E-state index in [4.69, 9.17) is 0 Å². The molecular formula is C15H15FN2OS. The van der Waals surface area contributed by atoms with Crippen LogP contribution >= 0.6 is 11.3 Å². The van der Waals surface area contributed by atoms with Gasteiger partial charge in [0.1, 0.15) is 10.8 Å². The van der Waals surface area contributed by atoms with Crippen molar-refractivity contribution in [1.29, 1.82) is 0 Å². The summed E-state index contributed by atoms with van der Waals surface area (Å²) in [4.78, 5) is 15.9. The smallest absolute Gasteiger partial charge is 0.220 e. The Kier molecular flexibility index (Phi) is 3.30. The number of rotatable bonds is 3. The number of carbonyl (C=O) groups excluding carboxylic acids is 1. The lowest BCUT2D eigenvalue weighted by Crippen LogP contribution is -2.40. The van der Waals surface area contributed by atoms with Crippen LogP contribution in [0.1, 0.15) is 25.5 Å². The van der Waals surface area contributed by atoms with Crippen LogP contribution in [0.15, 0.2) is 29.6 Å². The van der Waals surface area contributed by atoms with Gasteiger partial charge in [0.05, 0.1) is 5.69 Å². The normalized spacial score (nSPS) is 22.0. The minimum absolute atomic E-state index is 0.112. The molecule has 1 aliphatic heterocycles. The summed E-state index contributed by atoms with van der Waals surface area (Å²) in [6.07, 6.45) is 2.16. The molecule has 1 fully saturated rings. The lowest BCUT2D eigenvalue weighted by atomic mass is 9.95. The summed E-state index contributed by atoms with van der Waals surface area (Å²) < 4.78 is 12.9. The third kappa shape index (κ3) is 2.72. The number of aromatic nitrogens is 1. The molecule has 1 unspecified atom stereocenters. The molecule has 3 nitrogen and oxygen atoms in total. The number of hydrogen-bond acceptors (Lipinski definition) is 3. The number of carbonyl (C=O) groups is 1. The highest BCUT2D eigenvalue weighted by Crippen LogP contribution is 2.28. The van der Waals surface area contributed by atoms with E-state index in [0.29, 0.717) is 6.42 Å². The predicted molar refractivity (Wildman–Crippen MR) is 77.0 cm³/mol. The van der Waals surface area contributed by atoms with Crippen molar-refractivity contribution in [3.05, 3.63) is 41.2 Å². The van der Waals surface area contributed by atoms with Gasteiger partial charge in [0.15, 0.2) is 0 Å². The fourth-order valence-electron chi connectivity index (χ4n) is 2.50. The summed E-state index contributed by atoms with van der Waals surface area (Å²) in [5.74, 6) is -0.131. The fraction of sp³-hybridized carbons (Fsp3) is 0.333. The summed E-state index contributed by atoms with van der Waals surface area (Å²) in [7, 11) is 0. The third-order valence-corrected chi connectivity index (χ3v) is 4.50. The van der Waals surface area contributed by atoms with Gasteiger partial charge in [0.2, 0.25) is 5.91 Å². The van der Waals surface area contributed by atoms with Crippen molar-refractivity contribution >= 4 is 17.2 Å². The Balaban J connectivity index is 1.77. The Morgan fingerprint density at radius 1 is 1.40 bits per heavy atom. The van der Waals surface area contributed by atoms with Crippen LogP contribution in [0.25, 0.3) is 10.6 Å². The molecule has 2 heterocycles. The van der Waals surface area contributed by atoms with Crippen molar-refractivity contribution in [2.75, 3.05) is 0 Å². The molecule has 3 rings (SSSR count). The fourth-order valence-corrected chi connectivity index (χ4v) is 3.32. The zero-order valence-corrected chi connectivity index (χ0v) is 12.0. The van der Waals surface area contributed by atoms with Gasteiger partial charge in [-0.05, 0) is 37.6 Å². The monoisotopic (exact) mass is 290 g/mol. The number of hydrogen-bond donors (Lipinski definition) is 1. The number of nitrogens with one attached hydrogen (secondary N) is 1. The Morgan fingerprint density at radius 2 is 2.15 bits per heavy atom. The molecule has 2 aromatic rings. The minimum Gasteiger partial charge on any atom is -0.351 e. The molecule has 0 radical (unpaired) electrons. The second-order valence-electron chi connectivity index (χ2n) is 5.44. The molecular weight excluding hydrogens is 275 g/mol. The van der Waals surface area contributed by atoms with E-state index in [1.165, 1.54) is 12.1 Å². The Labute approximate surface area is 120 Å². The molecule has 0 spiro atoms. The van der Waals surface area contributed by atoms with Crippen LogP contribution in [-0.4, -0.2) is 16.4 Å². The number of thiazole rings is 1. The van der Waals surface area contributed by atoms with Crippen molar-refractivity contribution in [2.45, 2.75) is 31.7 Å².